The summed E-state index contributed by atoms with van der Waals surface area (Å²) in [6.07, 6.45) is 3.02. The summed E-state index contributed by atoms with van der Waals surface area (Å²) in [4.78, 5) is 0. The lowest BCUT2D eigenvalue weighted by Gasteiger charge is -2.21. The van der Waals surface area contributed by atoms with Gasteiger partial charge in [-0.3, -0.25) is 0 Å². The third kappa shape index (κ3) is 4.41. The SMILES string of the molecule is CCCn1nncc1C(C)C(C)CNCC(C)C. The van der Waals surface area contributed by atoms with Crippen LogP contribution in [-0.2, 0) is 6.54 Å². The van der Waals surface area contributed by atoms with Crippen molar-refractivity contribution in [2.45, 2.75) is 53.5 Å². The monoisotopic (exact) mass is 252 g/mol. The number of aryl methyl sites for hydroxylation is 1. The zero-order valence-corrected chi connectivity index (χ0v) is 12.5. The van der Waals surface area contributed by atoms with E-state index in [-0.39, 0.29) is 0 Å². The average Bonchev–Trinajstić information content (AvgIpc) is 2.76. The van der Waals surface area contributed by atoms with E-state index in [4.69, 9.17) is 0 Å². The van der Waals surface area contributed by atoms with Gasteiger partial charge < -0.3 is 5.32 Å². The van der Waals surface area contributed by atoms with E-state index >= 15 is 0 Å². The van der Waals surface area contributed by atoms with Gasteiger partial charge in [0, 0.05) is 12.5 Å². The van der Waals surface area contributed by atoms with Crippen LogP contribution in [0, 0.1) is 11.8 Å². The maximum atomic E-state index is 4.16. The molecule has 4 heteroatoms. The zero-order chi connectivity index (χ0) is 13.5. The van der Waals surface area contributed by atoms with Crippen LogP contribution < -0.4 is 5.32 Å². The molecule has 0 spiro atoms. The Bertz CT molecular complexity index is 332. The molecule has 4 nitrogen and oxygen atoms in total. The molecule has 0 aromatic carbocycles. The fourth-order valence-corrected chi connectivity index (χ4v) is 2.07. The van der Waals surface area contributed by atoms with Crippen LogP contribution in [0.4, 0.5) is 0 Å². The largest absolute Gasteiger partial charge is 0.316 e. The highest BCUT2D eigenvalue weighted by Crippen LogP contribution is 2.22. The standard InChI is InChI=1S/C14H28N4/c1-6-7-18-14(10-16-17-18)13(5)12(4)9-15-8-11(2)3/h10-13,15H,6-9H2,1-5H3. The van der Waals surface area contributed by atoms with E-state index in [0.29, 0.717) is 17.8 Å². The summed E-state index contributed by atoms with van der Waals surface area (Å²) in [5.74, 6) is 1.80. The molecule has 0 saturated carbocycles. The second-order valence-corrected chi connectivity index (χ2v) is 5.70. The average molecular weight is 252 g/mol. The third-order valence-electron chi connectivity index (χ3n) is 3.42. The second kappa shape index (κ2) is 7.52. The fourth-order valence-electron chi connectivity index (χ4n) is 2.07. The van der Waals surface area contributed by atoms with Gasteiger partial charge in [0.2, 0.25) is 0 Å². The highest BCUT2D eigenvalue weighted by Gasteiger charge is 2.18. The first-order valence-corrected chi connectivity index (χ1v) is 7.15. The molecule has 0 fully saturated rings. The Morgan fingerprint density at radius 3 is 2.56 bits per heavy atom. The Balaban J connectivity index is 2.51. The summed E-state index contributed by atoms with van der Waals surface area (Å²) in [5.41, 5.74) is 1.26. The third-order valence-corrected chi connectivity index (χ3v) is 3.42. The molecule has 18 heavy (non-hydrogen) atoms. The second-order valence-electron chi connectivity index (χ2n) is 5.70. The molecule has 0 bridgehead atoms. The quantitative estimate of drug-likeness (QED) is 0.773. The van der Waals surface area contributed by atoms with E-state index in [2.05, 4.69) is 50.2 Å². The fraction of sp³-hybridized carbons (Fsp3) is 0.857. The van der Waals surface area contributed by atoms with Crippen molar-refractivity contribution in [3.63, 3.8) is 0 Å². The Kier molecular flexibility index (Phi) is 6.33. The van der Waals surface area contributed by atoms with Gasteiger partial charge >= 0.3 is 0 Å². The first kappa shape index (κ1) is 15.2. The van der Waals surface area contributed by atoms with E-state index in [9.17, 15) is 0 Å². The van der Waals surface area contributed by atoms with Crippen LogP contribution >= 0.6 is 0 Å². The molecule has 1 aromatic heterocycles. The first-order chi connectivity index (χ1) is 8.56. The van der Waals surface area contributed by atoms with Crippen molar-refractivity contribution in [1.29, 1.82) is 0 Å². The van der Waals surface area contributed by atoms with E-state index in [0.717, 1.165) is 26.1 Å². The zero-order valence-electron chi connectivity index (χ0n) is 12.5. The minimum absolute atomic E-state index is 0.492. The molecule has 0 saturated heterocycles. The summed E-state index contributed by atoms with van der Waals surface area (Å²) in [6, 6.07) is 0. The van der Waals surface area contributed by atoms with Gasteiger partial charge in [0.05, 0.1) is 11.9 Å². The molecule has 2 atom stereocenters. The molecule has 0 radical (unpaired) electrons. The highest BCUT2D eigenvalue weighted by atomic mass is 15.4. The lowest BCUT2D eigenvalue weighted by Crippen LogP contribution is -2.28. The van der Waals surface area contributed by atoms with Crippen molar-refractivity contribution >= 4 is 0 Å². The summed E-state index contributed by atoms with van der Waals surface area (Å²) >= 11 is 0. The molecule has 1 aromatic rings. The number of hydrogen-bond donors (Lipinski definition) is 1. The van der Waals surface area contributed by atoms with Crippen LogP contribution in [0.15, 0.2) is 6.20 Å². The number of rotatable bonds is 8. The maximum absolute atomic E-state index is 4.16. The van der Waals surface area contributed by atoms with Crippen LogP contribution in [0.25, 0.3) is 0 Å². The molecule has 2 unspecified atom stereocenters. The summed E-state index contributed by atoms with van der Waals surface area (Å²) in [6.45, 7) is 14.3. The van der Waals surface area contributed by atoms with Gasteiger partial charge in [0.1, 0.15) is 0 Å². The lowest BCUT2D eigenvalue weighted by atomic mass is 9.93. The van der Waals surface area contributed by atoms with Gasteiger partial charge in [-0.15, -0.1) is 5.10 Å². The van der Waals surface area contributed by atoms with Gasteiger partial charge in [-0.25, -0.2) is 4.68 Å². The van der Waals surface area contributed by atoms with E-state index < -0.39 is 0 Å². The Labute approximate surface area is 111 Å². The number of nitrogens with zero attached hydrogens (tertiary/aromatic N) is 3. The minimum atomic E-state index is 0.492. The van der Waals surface area contributed by atoms with Crippen LogP contribution in [0.3, 0.4) is 0 Å². The van der Waals surface area contributed by atoms with Gasteiger partial charge in [0.15, 0.2) is 0 Å². The van der Waals surface area contributed by atoms with Crippen molar-refractivity contribution in [3.8, 4) is 0 Å². The lowest BCUT2D eigenvalue weighted by molar-refractivity contribution is 0.406. The topological polar surface area (TPSA) is 42.7 Å². The minimum Gasteiger partial charge on any atom is -0.316 e. The molecule has 1 heterocycles. The van der Waals surface area contributed by atoms with Crippen molar-refractivity contribution in [2.75, 3.05) is 13.1 Å². The maximum Gasteiger partial charge on any atom is 0.0728 e. The summed E-state index contributed by atoms with van der Waals surface area (Å²) < 4.78 is 2.05. The van der Waals surface area contributed by atoms with Crippen LogP contribution in [0.5, 0.6) is 0 Å². The number of aromatic nitrogens is 3. The highest BCUT2D eigenvalue weighted by molar-refractivity contribution is 5.03. The molecular weight excluding hydrogens is 224 g/mol. The van der Waals surface area contributed by atoms with Crippen molar-refractivity contribution in [1.82, 2.24) is 20.3 Å². The molecule has 0 aliphatic heterocycles. The first-order valence-electron chi connectivity index (χ1n) is 7.15. The molecule has 104 valence electrons. The molecule has 1 N–H and O–H groups in total. The van der Waals surface area contributed by atoms with Gasteiger partial charge in [-0.2, -0.15) is 0 Å². The summed E-state index contributed by atoms with van der Waals surface area (Å²) in [7, 11) is 0. The van der Waals surface area contributed by atoms with Crippen LogP contribution in [0.1, 0.15) is 52.7 Å². The van der Waals surface area contributed by atoms with Crippen molar-refractivity contribution < 1.29 is 0 Å². The van der Waals surface area contributed by atoms with Gasteiger partial charge in [-0.1, -0.05) is 39.8 Å². The Morgan fingerprint density at radius 1 is 1.22 bits per heavy atom. The van der Waals surface area contributed by atoms with Crippen LogP contribution in [0.2, 0.25) is 0 Å². The van der Waals surface area contributed by atoms with Crippen molar-refractivity contribution in [2.24, 2.45) is 11.8 Å². The molecule has 0 aliphatic rings. The predicted molar refractivity (Wildman–Crippen MR) is 75.6 cm³/mol. The number of nitrogens with one attached hydrogen (secondary N) is 1. The van der Waals surface area contributed by atoms with Gasteiger partial charge in [-0.05, 0) is 31.3 Å². The Hall–Kier alpha value is -0.900. The van der Waals surface area contributed by atoms with Gasteiger partial charge in [0.25, 0.3) is 0 Å². The number of hydrogen-bond acceptors (Lipinski definition) is 3. The Morgan fingerprint density at radius 2 is 1.94 bits per heavy atom. The van der Waals surface area contributed by atoms with E-state index in [1.807, 2.05) is 10.9 Å². The molecule has 0 aliphatic carbocycles. The predicted octanol–water partition coefficient (Wildman–Crippen LogP) is 2.67. The molecular formula is C14H28N4. The molecule has 1 rings (SSSR count). The van der Waals surface area contributed by atoms with E-state index in [1.165, 1.54) is 5.69 Å². The van der Waals surface area contributed by atoms with Crippen molar-refractivity contribution in [3.05, 3.63) is 11.9 Å². The van der Waals surface area contributed by atoms with Crippen LogP contribution in [-0.4, -0.2) is 28.1 Å². The normalized spacial score (nSPS) is 15.0. The molecule has 0 amide bonds. The summed E-state index contributed by atoms with van der Waals surface area (Å²) in [5, 5.41) is 11.7. The smallest absolute Gasteiger partial charge is 0.0728 e. The van der Waals surface area contributed by atoms with E-state index in [1.54, 1.807) is 0 Å².